The first-order chi connectivity index (χ1) is 18.0. The minimum Gasteiger partial charge on any atom is -0.438 e. The molecule has 0 spiro atoms. The SMILES string of the molecule is C[C@@H](c1ccc(-c2ccc(F)cc2)cc1)N1CC[C@](C[C@@H](O)CNS(C)(=O)=O)(c2ccc(F)cc2)OC1=O. The molecule has 1 amide bonds. The van der Waals surface area contributed by atoms with Crippen molar-refractivity contribution in [2.75, 3.05) is 19.3 Å². The molecule has 1 aliphatic heterocycles. The van der Waals surface area contributed by atoms with Crippen molar-refractivity contribution in [1.29, 1.82) is 0 Å². The summed E-state index contributed by atoms with van der Waals surface area (Å²) in [5, 5.41) is 10.6. The number of cyclic esters (lactones) is 1. The van der Waals surface area contributed by atoms with Crippen molar-refractivity contribution >= 4 is 16.1 Å². The summed E-state index contributed by atoms with van der Waals surface area (Å²) in [6.45, 7) is 1.92. The number of nitrogens with zero attached hydrogens (tertiary/aromatic N) is 1. The molecule has 1 fully saturated rings. The molecule has 38 heavy (non-hydrogen) atoms. The van der Waals surface area contributed by atoms with Crippen molar-refractivity contribution in [1.82, 2.24) is 9.62 Å². The van der Waals surface area contributed by atoms with E-state index in [0.717, 1.165) is 22.9 Å². The quantitative estimate of drug-likeness (QED) is 0.406. The predicted octanol–water partition coefficient (Wildman–Crippen LogP) is 4.73. The minimum atomic E-state index is -3.53. The summed E-state index contributed by atoms with van der Waals surface area (Å²) in [4.78, 5) is 14.9. The van der Waals surface area contributed by atoms with E-state index in [2.05, 4.69) is 4.72 Å². The molecule has 10 heteroatoms. The second-order valence-corrected chi connectivity index (χ2v) is 11.4. The highest BCUT2D eigenvalue weighted by atomic mass is 32.2. The van der Waals surface area contributed by atoms with Crippen molar-refractivity contribution in [3.63, 3.8) is 0 Å². The fourth-order valence-electron chi connectivity index (χ4n) is 4.72. The van der Waals surface area contributed by atoms with Gasteiger partial charge in [0.1, 0.15) is 17.2 Å². The number of hydrogen-bond acceptors (Lipinski definition) is 5. The van der Waals surface area contributed by atoms with Crippen LogP contribution in [0.15, 0.2) is 72.8 Å². The molecule has 0 radical (unpaired) electrons. The lowest BCUT2D eigenvalue weighted by Gasteiger charge is -2.44. The predicted molar refractivity (Wildman–Crippen MR) is 140 cm³/mol. The molecule has 202 valence electrons. The molecule has 0 aromatic heterocycles. The van der Waals surface area contributed by atoms with Gasteiger partial charge in [-0.15, -0.1) is 0 Å². The number of carbonyl (C=O) groups excluding carboxylic acids is 1. The maximum absolute atomic E-state index is 13.6. The Morgan fingerprint density at radius 2 is 1.50 bits per heavy atom. The fraction of sp³-hybridized carbons (Fsp3) is 0.321. The minimum absolute atomic E-state index is 0.0680. The van der Waals surface area contributed by atoms with Crippen LogP contribution in [0, 0.1) is 11.6 Å². The third-order valence-corrected chi connectivity index (χ3v) is 7.52. The van der Waals surface area contributed by atoms with Crippen LogP contribution in [0.2, 0.25) is 0 Å². The van der Waals surface area contributed by atoms with Crippen LogP contribution in [0.5, 0.6) is 0 Å². The Bertz CT molecular complexity index is 1370. The van der Waals surface area contributed by atoms with Gasteiger partial charge in [-0.05, 0) is 53.4 Å². The first-order valence-corrected chi connectivity index (χ1v) is 14.1. The zero-order chi connectivity index (χ0) is 27.5. The maximum Gasteiger partial charge on any atom is 0.411 e. The van der Waals surface area contributed by atoms with E-state index in [4.69, 9.17) is 4.74 Å². The normalized spacial score (nSPS) is 19.6. The first-order valence-electron chi connectivity index (χ1n) is 12.2. The molecule has 3 aromatic carbocycles. The lowest BCUT2D eigenvalue weighted by molar-refractivity contribution is -0.0829. The third kappa shape index (κ3) is 6.56. The Hall–Kier alpha value is -3.34. The largest absolute Gasteiger partial charge is 0.438 e. The molecule has 0 saturated carbocycles. The van der Waals surface area contributed by atoms with Crippen molar-refractivity contribution in [3.8, 4) is 11.1 Å². The van der Waals surface area contributed by atoms with Crippen LogP contribution in [0.1, 0.15) is 36.9 Å². The van der Waals surface area contributed by atoms with Gasteiger partial charge in [0.25, 0.3) is 0 Å². The zero-order valence-corrected chi connectivity index (χ0v) is 21.9. The van der Waals surface area contributed by atoms with Crippen LogP contribution in [0.25, 0.3) is 11.1 Å². The molecular weight excluding hydrogens is 514 g/mol. The van der Waals surface area contributed by atoms with E-state index in [9.17, 15) is 27.1 Å². The Labute approximate surface area is 221 Å². The highest BCUT2D eigenvalue weighted by molar-refractivity contribution is 7.88. The number of amides is 1. The molecule has 0 bridgehead atoms. The Morgan fingerprint density at radius 3 is 2.03 bits per heavy atom. The highest BCUT2D eigenvalue weighted by Gasteiger charge is 2.45. The maximum atomic E-state index is 13.6. The molecule has 2 N–H and O–H groups in total. The second kappa shape index (κ2) is 11.2. The number of carbonyl (C=O) groups is 1. The molecule has 0 aliphatic carbocycles. The molecular formula is C28H30F2N2O5S. The van der Waals surface area contributed by atoms with Crippen LogP contribution >= 0.6 is 0 Å². The van der Waals surface area contributed by atoms with Crippen molar-refractivity contribution < 1.29 is 31.8 Å². The van der Waals surface area contributed by atoms with Gasteiger partial charge in [-0.2, -0.15) is 0 Å². The number of hydrogen-bond donors (Lipinski definition) is 2. The van der Waals surface area contributed by atoms with Gasteiger partial charge in [0.05, 0.1) is 18.4 Å². The standard InChI is InChI=1S/C28H30F2N2O5S/c1-19(20-3-5-21(6-4-20)22-7-11-24(29)12-8-22)32-16-15-28(37-27(32)34,23-9-13-25(30)14-10-23)17-26(33)18-31-38(2,35)36/h3-14,19,26,31,33H,15-18H2,1-2H3/t19-,26+,28-/m0/s1. The lowest BCUT2D eigenvalue weighted by Crippen LogP contribution is -2.50. The number of rotatable bonds is 9. The Balaban J connectivity index is 1.51. The van der Waals surface area contributed by atoms with Gasteiger partial charge in [-0.3, -0.25) is 0 Å². The Kier molecular flexibility index (Phi) is 8.15. The van der Waals surface area contributed by atoms with E-state index < -0.39 is 33.6 Å². The van der Waals surface area contributed by atoms with E-state index in [1.165, 1.54) is 36.4 Å². The van der Waals surface area contributed by atoms with Gasteiger partial charge in [-0.25, -0.2) is 26.7 Å². The monoisotopic (exact) mass is 544 g/mol. The van der Waals surface area contributed by atoms with Crippen molar-refractivity contribution in [3.05, 3.63) is 95.6 Å². The molecule has 4 rings (SSSR count). The van der Waals surface area contributed by atoms with E-state index in [1.807, 2.05) is 31.2 Å². The van der Waals surface area contributed by atoms with Crippen LogP contribution in [0.3, 0.4) is 0 Å². The van der Waals surface area contributed by atoms with E-state index in [1.54, 1.807) is 17.0 Å². The number of nitrogens with one attached hydrogen (secondary N) is 1. The van der Waals surface area contributed by atoms with Gasteiger partial charge < -0.3 is 14.7 Å². The summed E-state index contributed by atoms with van der Waals surface area (Å²) in [6, 6.07) is 19.0. The average Bonchev–Trinajstić information content (AvgIpc) is 2.88. The number of halogens is 2. The molecule has 1 aliphatic rings. The van der Waals surface area contributed by atoms with Gasteiger partial charge in [-0.1, -0.05) is 48.5 Å². The number of benzene rings is 3. The van der Waals surface area contributed by atoms with Crippen LogP contribution in [-0.2, 0) is 20.4 Å². The summed E-state index contributed by atoms with van der Waals surface area (Å²) < 4.78 is 58.0. The highest BCUT2D eigenvalue weighted by Crippen LogP contribution is 2.40. The fourth-order valence-corrected chi connectivity index (χ4v) is 5.21. The molecule has 1 saturated heterocycles. The summed E-state index contributed by atoms with van der Waals surface area (Å²) in [7, 11) is -3.53. The molecule has 3 atom stereocenters. The van der Waals surface area contributed by atoms with Crippen LogP contribution in [0.4, 0.5) is 13.6 Å². The van der Waals surface area contributed by atoms with Crippen LogP contribution in [-0.4, -0.2) is 50.0 Å². The number of aliphatic hydroxyl groups is 1. The molecule has 7 nitrogen and oxygen atoms in total. The molecule has 0 unspecified atom stereocenters. The van der Waals surface area contributed by atoms with Crippen molar-refractivity contribution in [2.24, 2.45) is 0 Å². The topological polar surface area (TPSA) is 95.9 Å². The third-order valence-electron chi connectivity index (χ3n) is 6.83. The van der Waals surface area contributed by atoms with Gasteiger partial charge >= 0.3 is 6.09 Å². The van der Waals surface area contributed by atoms with Gasteiger partial charge in [0, 0.05) is 25.9 Å². The van der Waals surface area contributed by atoms with Gasteiger partial charge in [0.15, 0.2) is 0 Å². The summed E-state index contributed by atoms with van der Waals surface area (Å²) in [6.07, 6.45) is -0.522. The number of sulfonamides is 1. The van der Waals surface area contributed by atoms with E-state index in [0.29, 0.717) is 18.5 Å². The zero-order valence-electron chi connectivity index (χ0n) is 21.1. The summed E-state index contributed by atoms with van der Waals surface area (Å²) in [5.41, 5.74) is 1.91. The molecule has 1 heterocycles. The lowest BCUT2D eigenvalue weighted by atomic mass is 9.83. The van der Waals surface area contributed by atoms with Crippen LogP contribution < -0.4 is 4.72 Å². The summed E-state index contributed by atoms with van der Waals surface area (Å²) in [5.74, 6) is -0.761. The average molecular weight is 545 g/mol. The molecule has 3 aromatic rings. The number of aliphatic hydroxyl groups excluding tert-OH is 1. The summed E-state index contributed by atoms with van der Waals surface area (Å²) >= 11 is 0. The van der Waals surface area contributed by atoms with E-state index in [-0.39, 0.29) is 24.8 Å². The first kappa shape index (κ1) is 27.7. The number of ether oxygens (including phenoxy) is 1. The van der Waals surface area contributed by atoms with Gasteiger partial charge in [0.2, 0.25) is 10.0 Å². The smallest absolute Gasteiger partial charge is 0.411 e. The Morgan fingerprint density at radius 1 is 0.974 bits per heavy atom. The van der Waals surface area contributed by atoms with Crippen molar-refractivity contribution in [2.45, 2.75) is 37.5 Å². The second-order valence-electron chi connectivity index (χ2n) is 9.60. The van der Waals surface area contributed by atoms with E-state index >= 15 is 0 Å².